The molecule has 21 heavy (non-hydrogen) atoms. The van der Waals surface area contributed by atoms with Crippen LogP contribution in [-0.4, -0.2) is 0 Å². The van der Waals surface area contributed by atoms with Gasteiger partial charge in [0.1, 0.15) is 11.8 Å². The van der Waals surface area contributed by atoms with Gasteiger partial charge in [-0.3, -0.25) is 5.84 Å². The zero-order chi connectivity index (χ0) is 15.0. The van der Waals surface area contributed by atoms with Crippen molar-refractivity contribution in [2.75, 3.05) is 0 Å². The average molecular weight is 431 g/mol. The quantitative estimate of drug-likeness (QED) is 0.446. The van der Waals surface area contributed by atoms with Crippen molar-refractivity contribution in [2.45, 2.75) is 6.04 Å². The van der Waals surface area contributed by atoms with Gasteiger partial charge in [0.2, 0.25) is 0 Å². The van der Waals surface area contributed by atoms with Crippen molar-refractivity contribution in [3.05, 3.63) is 67.8 Å². The van der Waals surface area contributed by atoms with Crippen LogP contribution >= 0.6 is 43.5 Å². The molecule has 2 aromatic carbocycles. The molecule has 3 rings (SSSR count). The predicted molar refractivity (Wildman–Crippen MR) is 92.2 cm³/mol. The summed E-state index contributed by atoms with van der Waals surface area (Å²) in [5.74, 6) is 6.44. The maximum absolute atomic E-state index is 6.16. The first-order valence-electron chi connectivity index (χ1n) is 6.19. The van der Waals surface area contributed by atoms with Crippen LogP contribution in [-0.2, 0) is 0 Å². The average Bonchev–Trinajstić information content (AvgIpc) is 2.87. The van der Waals surface area contributed by atoms with Crippen molar-refractivity contribution in [3.8, 4) is 0 Å². The van der Waals surface area contributed by atoms with Gasteiger partial charge in [0.25, 0.3) is 0 Å². The minimum Gasteiger partial charge on any atom is -0.457 e. The Morgan fingerprint density at radius 3 is 2.62 bits per heavy atom. The molecule has 0 radical (unpaired) electrons. The van der Waals surface area contributed by atoms with Crippen LogP contribution in [0, 0.1) is 0 Å². The number of hydrogen-bond acceptors (Lipinski definition) is 3. The van der Waals surface area contributed by atoms with E-state index in [9.17, 15) is 0 Å². The Morgan fingerprint density at radius 2 is 1.95 bits per heavy atom. The first kappa shape index (κ1) is 15.1. The van der Waals surface area contributed by atoms with Crippen molar-refractivity contribution in [1.29, 1.82) is 0 Å². The van der Waals surface area contributed by atoms with Crippen molar-refractivity contribution >= 4 is 54.4 Å². The largest absolute Gasteiger partial charge is 0.457 e. The summed E-state index contributed by atoms with van der Waals surface area (Å²) in [6.45, 7) is 0. The number of rotatable bonds is 3. The summed E-state index contributed by atoms with van der Waals surface area (Å²) in [5, 5.41) is 1.54. The number of hydrogen-bond donors (Lipinski definition) is 2. The van der Waals surface area contributed by atoms with Crippen LogP contribution < -0.4 is 11.3 Å². The van der Waals surface area contributed by atoms with Gasteiger partial charge >= 0.3 is 0 Å². The highest BCUT2D eigenvalue weighted by Crippen LogP contribution is 2.34. The van der Waals surface area contributed by atoms with Crippen molar-refractivity contribution in [1.82, 2.24) is 5.43 Å². The molecule has 1 unspecified atom stereocenters. The minimum atomic E-state index is -0.268. The van der Waals surface area contributed by atoms with E-state index in [2.05, 4.69) is 37.3 Å². The number of halogens is 3. The van der Waals surface area contributed by atoms with Crippen molar-refractivity contribution < 1.29 is 4.42 Å². The van der Waals surface area contributed by atoms with E-state index in [0.29, 0.717) is 16.4 Å². The van der Waals surface area contributed by atoms with E-state index < -0.39 is 0 Å². The number of benzene rings is 2. The Morgan fingerprint density at radius 1 is 1.14 bits per heavy atom. The highest BCUT2D eigenvalue weighted by molar-refractivity contribution is 9.11. The van der Waals surface area contributed by atoms with E-state index in [-0.39, 0.29) is 6.04 Å². The summed E-state index contributed by atoms with van der Waals surface area (Å²) in [4.78, 5) is 0. The van der Waals surface area contributed by atoms with Gasteiger partial charge in [-0.25, -0.2) is 5.43 Å². The third-order valence-corrected chi connectivity index (χ3v) is 4.72. The van der Waals surface area contributed by atoms with Gasteiger partial charge in [0.15, 0.2) is 5.58 Å². The molecule has 3 N–H and O–H groups in total. The molecule has 3 nitrogen and oxygen atoms in total. The maximum Gasteiger partial charge on any atom is 0.152 e. The van der Waals surface area contributed by atoms with Gasteiger partial charge in [-0.15, -0.1) is 0 Å². The summed E-state index contributed by atoms with van der Waals surface area (Å²) in [6.07, 6.45) is 0. The number of hydrazine groups is 1. The number of para-hydroxylation sites is 1. The molecule has 0 aliphatic heterocycles. The van der Waals surface area contributed by atoms with Gasteiger partial charge in [-0.2, -0.15) is 0 Å². The number of furan rings is 1. The SMILES string of the molecule is NNC(c1cc2cccc(Cl)c2o1)c1ccc(Br)cc1Br. The Kier molecular flexibility index (Phi) is 4.38. The maximum atomic E-state index is 6.16. The first-order chi connectivity index (χ1) is 10.1. The lowest BCUT2D eigenvalue weighted by molar-refractivity contribution is 0.476. The van der Waals surface area contributed by atoms with Crippen LogP contribution in [0.25, 0.3) is 11.0 Å². The topological polar surface area (TPSA) is 51.2 Å². The van der Waals surface area contributed by atoms with Gasteiger partial charge < -0.3 is 4.42 Å². The number of nitrogens with two attached hydrogens (primary N) is 1. The molecule has 0 saturated carbocycles. The molecule has 108 valence electrons. The van der Waals surface area contributed by atoms with Crippen molar-refractivity contribution in [2.24, 2.45) is 5.84 Å². The molecular formula is C15H11Br2ClN2O. The highest BCUT2D eigenvalue weighted by atomic mass is 79.9. The molecule has 0 fully saturated rings. The summed E-state index contributed by atoms with van der Waals surface area (Å²) in [5.41, 5.74) is 4.44. The van der Waals surface area contributed by atoms with Crippen LogP contribution in [0.5, 0.6) is 0 Å². The second-order valence-electron chi connectivity index (χ2n) is 4.57. The van der Waals surface area contributed by atoms with Crippen molar-refractivity contribution in [3.63, 3.8) is 0 Å². The van der Waals surface area contributed by atoms with E-state index in [0.717, 1.165) is 19.9 Å². The lowest BCUT2D eigenvalue weighted by atomic mass is 10.1. The Bertz CT molecular complexity index is 803. The Hall–Kier alpha value is -0.850. The van der Waals surface area contributed by atoms with E-state index in [1.165, 1.54) is 0 Å². The van der Waals surface area contributed by atoms with Crippen LogP contribution in [0.2, 0.25) is 5.02 Å². The second kappa shape index (κ2) is 6.10. The van der Waals surface area contributed by atoms with Crippen LogP contribution in [0.3, 0.4) is 0 Å². The van der Waals surface area contributed by atoms with E-state index in [1.54, 1.807) is 6.07 Å². The van der Waals surface area contributed by atoms with E-state index in [1.807, 2.05) is 36.4 Å². The molecule has 1 heterocycles. The lowest BCUT2D eigenvalue weighted by Gasteiger charge is -2.15. The zero-order valence-corrected chi connectivity index (χ0v) is 14.7. The highest BCUT2D eigenvalue weighted by Gasteiger charge is 2.20. The molecule has 0 aliphatic carbocycles. The number of nitrogens with one attached hydrogen (secondary N) is 1. The number of fused-ring (bicyclic) bond motifs is 1. The van der Waals surface area contributed by atoms with Gasteiger partial charge in [0.05, 0.1) is 5.02 Å². The molecular weight excluding hydrogens is 419 g/mol. The standard InChI is InChI=1S/C15H11Br2ClN2O/c16-9-4-5-10(11(17)7-9)14(20-19)13-6-8-2-1-3-12(18)15(8)21-13/h1-7,14,20H,19H2. The molecule has 0 amide bonds. The Labute approximate surface area is 143 Å². The molecule has 6 heteroatoms. The monoisotopic (exact) mass is 428 g/mol. The molecule has 1 aromatic heterocycles. The normalized spacial score (nSPS) is 12.8. The lowest BCUT2D eigenvalue weighted by Crippen LogP contribution is -2.28. The molecule has 0 aliphatic rings. The molecule has 3 aromatic rings. The van der Waals surface area contributed by atoms with Crippen LogP contribution in [0.1, 0.15) is 17.4 Å². The Balaban J connectivity index is 2.11. The van der Waals surface area contributed by atoms with Gasteiger partial charge in [0, 0.05) is 14.3 Å². The van der Waals surface area contributed by atoms with E-state index >= 15 is 0 Å². The summed E-state index contributed by atoms with van der Waals surface area (Å²) >= 11 is 13.1. The summed E-state index contributed by atoms with van der Waals surface area (Å²) < 4.78 is 7.81. The fraction of sp³-hybridized carbons (Fsp3) is 0.0667. The van der Waals surface area contributed by atoms with Gasteiger partial charge in [-0.1, -0.05) is 61.7 Å². The minimum absolute atomic E-state index is 0.268. The van der Waals surface area contributed by atoms with E-state index in [4.69, 9.17) is 21.9 Å². The zero-order valence-electron chi connectivity index (χ0n) is 10.7. The van der Waals surface area contributed by atoms with Crippen LogP contribution in [0.4, 0.5) is 0 Å². The molecule has 1 atom stereocenters. The second-order valence-corrected chi connectivity index (χ2v) is 6.75. The fourth-order valence-electron chi connectivity index (χ4n) is 2.25. The smallest absolute Gasteiger partial charge is 0.152 e. The molecule has 0 saturated heterocycles. The van der Waals surface area contributed by atoms with Crippen LogP contribution in [0.15, 0.2) is 55.8 Å². The third-order valence-electron chi connectivity index (χ3n) is 3.24. The first-order valence-corrected chi connectivity index (χ1v) is 8.15. The third kappa shape index (κ3) is 2.89. The predicted octanol–water partition coefficient (Wildman–Crippen LogP) is 5.16. The molecule has 0 spiro atoms. The summed E-state index contributed by atoms with van der Waals surface area (Å²) in [7, 11) is 0. The fourth-order valence-corrected chi connectivity index (χ4v) is 3.75. The van der Waals surface area contributed by atoms with Gasteiger partial charge in [-0.05, 0) is 29.8 Å². The summed E-state index contributed by atoms with van der Waals surface area (Å²) in [6, 6.07) is 13.2. The molecule has 0 bridgehead atoms.